The van der Waals surface area contributed by atoms with E-state index in [1.54, 1.807) is 0 Å². The van der Waals surface area contributed by atoms with Crippen LogP contribution in [0.5, 0.6) is 0 Å². The van der Waals surface area contributed by atoms with Gasteiger partial charge in [-0.15, -0.1) is 0 Å². The molecule has 1 N–H and O–H groups in total. The summed E-state index contributed by atoms with van der Waals surface area (Å²) in [5, 5.41) is 10.0. The number of nitrogens with zero attached hydrogens (tertiary/aromatic N) is 1. The molecule has 1 fully saturated rings. The van der Waals surface area contributed by atoms with Gasteiger partial charge < -0.3 is 9.84 Å². The highest BCUT2D eigenvalue weighted by Gasteiger charge is 2.23. The van der Waals surface area contributed by atoms with Gasteiger partial charge in [-0.2, -0.15) is 0 Å². The molecule has 102 valence electrons. The molecule has 0 aromatic rings. The monoisotopic (exact) mass is 243 g/mol. The Morgan fingerprint density at radius 2 is 2.18 bits per heavy atom. The van der Waals surface area contributed by atoms with Gasteiger partial charge in [-0.1, -0.05) is 27.2 Å². The molecule has 3 heteroatoms. The number of β-amino-alcohol motifs (C(OH)–C–C–N with tert-alkyl or cyclic N) is 1. The second-order valence-corrected chi connectivity index (χ2v) is 5.35. The predicted molar refractivity (Wildman–Crippen MR) is 71.2 cm³/mol. The first-order valence-corrected chi connectivity index (χ1v) is 7.19. The summed E-state index contributed by atoms with van der Waals surface area (Å²) >= 11 is 0. The molecule has 3 unspecified atom stereocenters. The Morgan fingerprint density at radius 1 is 1.41 bits per heavy atom. The average Bonchev–Trinajstić information content (AvgIpc) is 2.35. The summed E-state index contributed by atoms with van der Waals surface area (Å²) in [5.74, 6) is 0.395. The SMILES string of the molecule is CCCOC1CCCN(CC(O)C(C)CC)C1. The van der Waals surface area contributed by atoms with Crippen molar-refractivity contribution >= 4 is 0 Å². The maximum absolute atomic E-state index is 10.0. The van der Waals surface area contributed by atoms with E-state index in [-0.39, 0.29) is 6.10 Å². The van der Waals surface area contributed by atoms with Crippen molar-refractivity contribution < 1.29 is 9.84 Å². The van der Waals surface area contributed by atoms with Gasteiger partial charge in [0.1, 0.15) is 0 Å². The molecule has 0 bridgehead atoms. The zero-order valence-electron chi connectivity index (χ0n) is 11.7. The van der Waals surface area contributed by atoms with E-state index in [1.807, 2.05) is 0 Å². The zero-order chi connectivity index (χ0) is 12.7. The van der Waals surface area contributed by atoms with Gasteiger partial charge in [-0.05, 0) is 31.7 Å². The van der Waals surface area contributed by atoms with Gasteiger partial charge in [0.25, 0.3) is 0 Å². The van der Waals surface area contributed by atoms with Gasteiger partial charge in [0.15, 0.2) is 0 Å². The number of rotatable bonds is 7. The lowest BCUT2D eigenvalue weighted by Crippen LogP contribution is -2.44. The number of hydrogen-bond acceptors (Lipinski definition) is 3. The number of hydrogen-bond donors (Lipinski definition) is 1. The van der Waals surface area contributed by atoms with Crippen LogP contribution < -0.4 is 0 Å². The molecule has 0 radical (unpaired) electrons. The van der Waals surface area contributed by atoms with E-state index in [0.29, 0.717) is 12.0 Å². The maximum atomic E-state index is 10.0. The van der Waals surface area contributed by atoms with Crippen molar-refractivity contribution in [2.75, 3.05) is 26.2 Å². The fraction of sp³-hybridized carbons (Fsp3) is 1.00. The molecule has 3 nitrogen and oxygen atoms in total. The van der Waals surface area contributed by atoms with E-state index in [1.165, 1.54) is 12.8 Å². The third-order valence-electron chi connectivity index (χ3n) is 3.77. The van der Waals surface area contributed by atoms with Gasteiger partial charge in [0.05, 0.1) is 12.2 Å². The van der Waals surface area contributed by atoms with Crippen LogP contribution in [-0.2, 0) is 4.74 Å². The standard InChI is InChI=1S/C14H29NO2/c1-4-9-17-13-7-6-8-15(10-13)11-14(16)12(3)5-2/h12-14,16H,4-11H2,1-3H3. The van der Waals surface area contributed by atoms with E-state index in [0.717, 1.165) is 39.1 Å². The summed E-state index contributed by atoms with van der Waals surface area (Å²) in [6.45, 7) is 10.2. The van der Waals surface area contributed by atoms with Crippen LogP contribution in [-0.4, -0.2) is 48.5 Å². The van der Waals surface area contributed by atoms with Crippen LogP contribution in [0, 0.1) is 5.92 Å². The highest BCUT2D eigenvalue weighted by atomic mass is 16.5. The minimum Gasteiger partial charge on any atom is -0.392 e. The third-order valence-corrected chi connectivity index (χ3v) is 3.77. The van der Waals surface area contributed by atoms with E-state index < -0.39 is 0 Å². The Balaban J connectivity index is 2.28. The second kappa shape index (κ2) is 8.06. The summed E-state index contributed by atoms with van der Waals surface area (Å²) in [7, 11) is 0. The molecule has 0 saturated carbocycles. The maximum Gasteiger partial charge on any atom is 0.0702 e. The normalized spacial score (nSPS) is 25.8. The molecule has 0 spiro atoms. The molecule has 0 aromatic carbocycles. The van der Waals surface area contributed by atoms with Gasteiger partial charge in [0.2, 0.25) is 0 Å². The minimum atomic E-state index is -0.190. The van der Waals surface area contributed by atoms with Gasteiger partial charge >= 0.3 is 0 Å². The van der Waals surface area contributed by atoms with Crippen molar-refractivity contribution in [3.8, 4) is 0 Å². The average molecular weight is 243 g/mol. The molecular weight excluding hydrogens is 214 g/mol. The molecule has 1 saturated heterocycles. The Morgan fingerprint density at radius 3 is 2.82 bits per heavy atom. The molecular formula is C14H29NO2. The van der Waals surface area contributed by atoms with E-state index in [9.17, 15) is 5.11 Å². The number of ether oxygens (including phenoxy) is 1. The molecule has 1 aliphatic rings. The molecule has 0 aliphatic carbocycles. The summed E-state index contributed by atoms with van der Waals surface area (Å²) < 4.78 is 5.81. The molecule has 1 heterocycles. The number of likely N-dealkylation sites (tertiary alicyclic amines) is 1. The molecule has 0 aromatic heterocycles. The topological polar surface area (TPSA) is 32.7 Å². The summed E-state index contributed by atoms with van der Waals surface area (Å²) in [5.41, 5.74) is 0. The first-order valence-electron chi connectivity index (χ1n) is 7.19. The Kier molecular flexibility index (Phi) is 7.09. The van der Waals surface area contributed by atoms with Crippen LogP contribution in [0.15, 0.2) is 0 Å². The van der Waals surface area contributed by atoms with Crippen LogP contribution in [0.2, 0.25) is 0 Å². The first-order chi connectivity index (χ1) is 8.17. The third kappa shape index (κ3) is 5.36. The van der Waals surface area contributed by atoms with E-state index in [4.69, 9.17) is 4.74 Å². The largest absolute Gasteiger partial charge is 0.392 e. The lowest BCUT2D eigenvalue weighted by atomic mass is 10.00. The molecule has 0 amide bonds. The van der Waals surface area contributed by atoms with Crippen LogP contribution in [0.3, 0.4) is 0 Å². The van der Waals surface area contributed by atoms with Crippen molar-refractivity contribution in [2.24, 2.45) is 5.92 Å². The number of aliphatic hydroxyl groups excluding tert-OH is 1. The van der Waals surface area contributed by atoms with Gasteiger partial charge in [-0.25, -0.2) is 0 Å². The van der Waals surface area contributed by atoms with E-state index >= 15 is 0 Å². The van der Waals surface area contributed by atoms with Crippen molar-refractivity contribution in [1.29, 1.82) is 0 Å². The summed E-state index contributed by atoms with van der Waals surface area (Å²) in [6, 6.07) is 0. The fourth-order valence-corrected chi connectivity index (χ4v) is 2.32. The van der Waals surface area contributed by atoms with Crippen molar-refractivity contribution in [1.82, 2.24) is 4.90 Å². The Bertz CT molecular complexity index is 199. The van der Waals surface area contributed by atoms with Crippen molar-refractivity contribution in [3.05, 3.63) is 0 Å². The number of aliphatic hydroxyl groups is 1. The molecule has 3 atom stereocenters. The highest BCUT2D eigenvalue weighted by Crippen LogP contribution is 2.16. The van der Waals surface area contributed by atoms with Crippen LogP contribution in [0.25, 0.3) is 0 Å². The van der Waals surface area contributed by atoms with Crippen LogP contribution in [0.1, 0.15) is 46.5 Å². The summed E-state index contributed by atoms with van der Waals surface area (Å²) in [6.07, 6.45) is 4.70. The molecule has 1 rings (SSSR count). The summed E-state index contributed by atoms with van der Waals surface area (Å²) in [4.78, 5) is 2.36. The van der Waals surface area contributed by atoms with E-state index in [2.05, 4.69) is 25.7 Å². The van der Waals surface area contributed by atoms with Crippen molar-refractivity contribution in [3.63, 3.8) is 0 Å². The Hall–Kier alpha value is -0.120. The van der Waals surface area contributed by atoms with Gasteiger partial charge in [-0.3, -0.25) is 4.90 Å². The minimum absolute atomic E-state index is 0.190. The second-order valence-electron chi connectivity index (χ2n) is 5.35. The molecule has 1 aliphatic heterocycles. The zero-order valence-corrected chi connectivity index (χ0v) is 11.7. The van der Waals surface area contributed by atoms with Crippen LogP contribution in [0.4, 0.5) is 0 Å². The number of piperidine rings is 1. The lowest BCUT2D eigenvalue weighted by molar-refractivity contribution is -0.0180. The first kappa shape index (κ1) is 14.9. The van der Waals surface area contributed by atoms with Gasteiger partial charge in [0, 0.05) is 19.7 Å². The van der Waals surface area contributed by atoms with Crippen molar-refractivity contribution in [2.45, 2.75) is 58.7 Å². The quantitative estimate of drug-likeness (QED) is 0.744. The Labute approximate surface area is 106 Å². The molecule has 17 heavy (non-hydrogen) atoms. The lowest BCUT2D eigenvalue weighted by Gasteiger charge is -2.34. The highest BCUT2D eigenvalue weighted by molar-refractivity contribution is 4.77. The van der Waals surface area contributed by atoms with Crippen LogP contribution >= 0.6 is 0 Å². The fourth-order valence-electron chi connectivity index (χ4n) is 2.32. The smallest absolute Gasteiger partial charge is 0.0702 e. The predicted octanol–water partition coefficient (Wildman–Crippen LogP) is 2.28.